The van der Waals surface area contributed by atoms with Gasteiger partial charge in [-0.3, -0.25) is 4.79 Å². The number of aryl methyl sites for hydroxylation is 1. The molecule has 2 aromatic carbocycles. The van der Waals surface area contributed by atoms with Crippen LogP contribution in [-0.4, -0.2) is 26.7 Å². The number of carbonyl (C=O) groups excluding carboxylic acids is 1. The minimum atomic E-state index is -0.816. The fourth-order valence-electron chi connectivity index (χ4n) is 3.13. The molecule has 0 saturated carbocycles. The predicted molar refractivity (Wildman–Crippen MR) is 106 cm³/mol. The van der Waals surface area contributed by atoms with Crippen molar-refractivity contribution in [1.29, 1.82) is 5.41 Å². The summed E-state index contributed by atoms with van der Waals surface area (Å²) in [5, 5.41) is 16.7. The van der Waals surface area contributed by atoms with Crippen LogP contribution in [0.3, 0.4) is 0 Å². The maximum atomic E-state index is 13.8. The Hall–Kier alpha value is -3.61. The summed E-state index contributed by atoms with van der Waals surface area (Å²) in [5.74, 6) is -1.93. The van der Waals surface area contributed by atoms with Crippen LogP contribution in [0, 0.1) is 17.0 Å². The standard InChI is InChI=1S/C22H19F2N3O2/c23-17-6-4-15(5-7-17)19(16-2-1-3-18(24)12-16)8-10-27-11-9-26-22(27)13-20(28)21(29)14-25/h1-7,9,11-14,19,25,28H,8,10H2/b20-13-,25-14?/t19-/m1/s1. The van der Waals surface area contributed by atoms with Crippen molar-refractivity contribution in [1.82, 2.24) is 9.55 Å². The number of carbonyl (C=O) groups is 1. The lowest BCUT2D eigenvalue weighted by molar-refractivity contribution is -0.111. The van der Waals surface area contributed by atoms with Gasteiger partial charge in [0.15, 0.2) is 5.76 Å². The quantitative estimate of drug-likeness (QED) is 0.335. The molecule has 3 aromatic rings. The van der Waals surface area contributed by atoms with E-state index in [2.05, 4.69) is 4.98 Å². The SMILES string of the molecule is N=CC(=O)/C(O)=C/c1nccn1CC[C@H](c1ccc(F)cc1)c1cccc(F)c1. The first-order valence-electron chi connectivity index (χ1n) is 8.95. The number of rotatable bonds is 8. The molecule has 29 heavy (non-hydrogen) atoms. The van der Waals surface area contributed by atoms with Crippen molar-refractivity contribution >= 4 is 18.1 Å². The van der Waals surface area contributed by atoms with Gasteiger partial charge in [0.05, 0.1) is 6.21 Å². The summed E-state index contributed by atoms with van der Waals surface area (Å²) in [7, 11) is 0. The third kappa shape index (κ3) is 5.01. The maximum absolute atomic E-state index is 13.8. The first-order chi connectivity index (χ1) is 14.0. The molecule has 1 aromatic heterocycles. The molecule has 0 aliphatic carbocycles. The van der Waals surface area contributed by atoms with Gasteiger partial charge in [0.1, 0.15) is 17.5 Å². The zero-order chi connectivity index (χ0) is 20.8. The number of nitrogens with zero attached hydrogens (tertiary/aromatic N) is 2. The van der Waals surface area contributed by atoms with Gasteiger partial charge in [-0.1, -0.05) is 24.3 Å². The van der Waals surface area contributed by atoms with Crippen LogP contribution in [0.4, 0.5) is 8.78 Å². The van der Waals surface area contributed by atoms with Crippen molar-refractivity contribution in [3.8, 4) is 0 Å². The van der Waals surface area contributed by atoms with Crippen molar-refractivity contribution in [3.63, 3.8) is 0 Å². The Bertz CT molecular complexity index is 1040. The van der Waals surface area contributed by atoms with E-state index in [9.17, 15) is 18.7 Å². The number of ketones is 1. The summed E-state index contributed by atoms with van der Waals surface area (Å²) in [6.45, 7) is 0.455. The number of Topliss-reactive ketones (excluding diaryl/α,β-unsaturated/α-hetero) is 1. The Balaban J connectivity index is 1.87. The Morgan fingerprint density at radius 1 is 1.14 bits per heavy atom. The van der Waals surface area contributed by atoms with Crippen LogP contribution < -0.4 is 0 Å². The van der Waals surface area contributed by atoms with E-state index in [0.29, 0.717) is 25.0 Å². The van der Waals surface area contributed by atoms with E-state index in [-0.39, 0.29) is 17.6 Å². The number of hydrogen-bond acceptors (Lipinski definition) is 4. The largest absolute Gasteiger partial charge is 0.504 e. The Morgan fingerprint density at radius 2 is 1.90 bits per heavy atom. The summed E-state index contributed by atoms with van der Waals surface area (Å²) < 4.78 is 28.9. The fraction of sp³-hybridized carbons (Fsp3) is 0.136. The van der Waals surface area contributed by atoms with E-state index in [1.54, 1.807) is 29.0 Å². The van der Waals surface area contributed by atoms with Crippen LogP contribution in [0.5, 0.6) is 0 Å². The van der Waals surface area contributed by atoms with E-state index in [0.717, 1.165) is 11.1 Å². The molecule has 0 spiro atoms. The average molecular weight is 395 g/mol. The zero-order valence-electron chi connectivity index (χ0n) is 15.4. The van der Waals surface area contributed by atoms with E-state index >= 15 is 0 Å². The second-order valence-corrected chi connectivity index (χ2v) is 6.46. The van der Waals surface area contributed by atoms with Gasteiger partial charge < -0.3 is 15.1 Å². The molecule has 0 bridgehead atoms. The number of hydrogen-bond donors (Lipinski definition) is 2. The normalized spacial score (nSPS) is 12.6. The van der Waals surface area contributed by atoms with Gasteiger partial charge in [-0.05, 0) is 41.8 Å². The molecule has 7 heteroatoms. The first kappa shape index (κ1) is 20.1. The van der Waals surface area contributed by atoms with Gasteiger partial charge in [0.25, 0.3) is 0 Å². The van der Waals surface area contributed by atoms with E-state index in [1.165, 1.54) is 36.5 Å². The van der Waals surface area contributed by atoms with E-state index < -0.39 is 11.5 Å². The van der Waals surface area contributed by atoms with Crippen molar-refractivity contribution in [3.05, 3.63) is 95.3 Å². The molecule has 5 nitrogen and oxygen atoms in total. The minimum Gasteiger partial charge on any atom is -0.504 e. The smallest absolute Gasteiger partial charge is 0.237 e. The van der Waals surface area contributed by atoms with Gasteiger partial charge in [-0.15, -0.1) is 0 Å². The highest BCUT2D eigenvalue weighted by Crippen LogP contribution is 2.29. The number of nitrogens with one attached hydrogen (secondary N) is 1. The molecule has 1 atom stereocenters. The highest BCUT2D eigenvalue weighted by molar-refractivity contribution is 6.34. The average Bonchev–Trinajstić information content (AvgIpc) is 3.15. The Morgan fingerprint density at radius 3 is 2.59 bits per heavy atom. The number of halogens is 2. The Labute approximate surface area is 166 Å². The summed E-state index contributed by atoms with van der Waals surface area (Å²) >= 11 is 0. The molecule has 3 rings (SSSR count). The summed E-state index contributed by atoms with van der Waals surface area (Å²) in [6.07, 6.45) is 5.49. The van der Waals surface area contributed by atoms with Crippen molar-refractivity contribution in [2.24, 2.45) is 0 Å². The molecule has 0 radical (unpaired) electrons. The number of aliphatic hydroxyl groups excluding tert-OH is 1. The van der Waals surface area contributed by atoms with E-state index in [1.807, 2.05) is 6.07 Å². The van der Waals surface area contributed by atoms with Gasteiger partial charge in [0.2, 0.25) is 5.78 Å². The molecule has 0 amide bonds. The maximum Gasteiger partial charge on any atom is 0.237 e. The minimum absolute atomic E-state index is 0.192. The highest BCUT2D eigenvalue weighted by Gasteiger charge is 2.16. The van der Waals surface area contributed by atoms with Crippen LogP contribution in [0.15, 0.2) is 66.7 Å². The molecule has 0 fully saturated rings. The lowest BCUT2D eigenvalue weighted by Gasteiger charge is -2.19. The molecule has 0 aliphatic heterocycles. The Kier molecular flexibility index (Phi) is 6.29. The fourth-order valence-corrected chi connectivity index (χ4v) is 3.13. The second kappa shape index (κ2) is 9.05. The highest BCUT2D eigenvalue weighted by atomic mass is 19.1. The van der Waals surface area contributed by atoms with Gasteiger partial charge >= 0.3 is 0 Å². The summed E-state index contributed by atoms with van der Waals surface area (Å²) in [5.41, 5.74) is 1.60. The number of aromatic nitrogens is 2. The van der Waals surface area contributed by atoms with Crippen LogP contribution in [-0.2, 0) is 11.3 Å². The van der Waals surface area contributed by atoms with Gasteiger partial charge in [-0.2, -0.15) is 0 Å². The van der Waals surface area contributed by atoms with Crippen LogP contribution in [0.25, 0.3) is 6.08 Å². The topological polar surface area (TPSA) is 79.0 Å². The van der Waals surface area contributed by atoms with Crippen molar-refractivity contribution < 1.29 is 18.7 Å². The lowest BCUT2D eigenvalue weighted by Crippen LogP contribution is -2.09. The third-order valence-corrected chi connectivity index (χ3v) is 4.58. The molecular formula is C22H19F2N3O2. The molecule has 2 N–H and O–H groups in total. The predicted octanol–water partition coefficient (Wildman–Crippen LogP) is 4.50. The number of allylic oxidation sites excluding steroid dienone is 1. The number of imidazole rings is 1. The van der Waals surface area contributed by atoms with Gasteiger partial charge in [0, 0.05) is 30.9 Å². The van der Waals surface area contributed by atoms with Crippen LogP contribution in [0.2, 0.25) is 0 Å². The lowest BCUT2D eigenvalue weighted by atomic mass is 9.88. The third-order valence-electron chi connectivity index (χ3n) is 4.58. The molecule has 0 saturated heterocycles. The second-order valence-electron chi connectivity index (χ2n) is 6.46. The van der Waals surface area contributed by atoms with Crippen LogP contribution in [0.1, 0.15) is 29.3 Å². The molecule has 1 heterocycles. The van der Waals surface area contributed by atoms with Crippen molar-refractivity contribution in [2.75, 3.05) is 0 Å². The molecular weight excluding hydrogens is 376 g/mol. The van der Waals surface area contributed by atoms with E-state index in [4.69, 9.17) is 5.41 Å². The summed E-state index contributed by atoms with van der Waals surface area (Å²) in [4.78, 5) is 15.5. The number of benzene rings is 2. The van der Waals surface area contributed by atoms with Crippen molar-refractivity contribution in [2.45, 2.75) is 18.9 Å². The zero-order valence-corrected chi connectivity index (χ0v) is 15.4. The molecule has 0 unspecified atom stereocenters. The summed E-state index contributed by atoms with van der Waals surface area (Å²) in [6, 6.07) is 12.4. The first-order valence-corrected chi connectivity index (χ1v) is 8.95. The molecule has 148 valence electrons. The van der Waals surface area contributed by atoms with Gasteiger partial charge in [-0.25, -0.2) is 13.8 Å². The number of aliphatic hydroxyl groups is 1. The van der Waals surface area contributed by atoms with Crippen LogP contribution >= 0.6 is 0 Å². The monoisotopic (exact) mass is 395 g/mol. The molecule has 0 aliphatic rings.